The molecule has 2 heterocycles. The van der Waals surface area contributed by atoms with Crippen LogP contribution in [0.4, 0.5) is 10.1 Å². The quantitative estimate of drug-likeness (QED) is 0.732. The van der Waals surface area contributed by atoms with Crippen LogP contribution in [0.2, 0.25) is 0 Å². The Morgan fingerprint density at radius 1 is 1.27 bits per heavy atom. The number of piperazine rings is 1. The predicted octanol–water partition coefficient (Wildman–Crippen LogP) is 0.978. The van der Waals surface area contributed by atoms with Gasteiger partial charge in [0.25, 0.3) is 5.91 Å². The second-order valence-electron chi connectivity index (χ2n) is 8.53. The number of hydrogen-bond acceptors (Lipinski definition) is 5. The Balaban J connectivity index is 1.51. The van der Waals surface area contributed by atoms with Gasteiger partial charge in [0.2, 0.25) is 11.2 Å². The van der Waals surface area contributed by atoms with Gasteiger partial charge in [-0.3, -0.25) is 9.59 Å². The van der Waals surface area contributed by atoms with Gasteiger partial charge in [-0.05, 0) is 32.9 Å². The molecule has 0 atom stereocenters. The van der Waals surface area contributed by atoms with Crippen LogP contribution in [0.3, 0.4) is 0 Å². The molecule has 0 spiro atoms. The second kappa shape index (κ2) is 9.30. The molecular formula is C22H29FN3O4+. The van der Waals surface area contributed by atoms with Crippen molar-refractivity contribution in [2.24, 2.45) is 0 Å². The molecule has 1 aliphatic heterocycles. The Hall–Kier alpha value is -2.87. The SMILES string of the molecule is CC(C)(C)NC(=O)COc1coc(C[NH+]2CCN(c3ccccc3F)CC2)cc1=O. The number of nitrogens with one attached hydrogen (secondary N) is 2. The van der Waals surface area contributed by atoms with E-state index in [4.69, 9.17) is 9.15 Å². The maximum atomic E-state index is 14.0. The highest BCUT2D eigenvalue weighted by molar-refractivity contribution is 5.78. The van der Waals surface area contributed by atoms with Crippen molar-refractivity contribution in [3.8, 4) is 5.75 Å². The highest BCUT2D eigenvalue weighted by atomic mass is 19.1. The molecule has 162 valence electrons. The lowest BCUT2D eigenvalue weighted by atomic mass is 10.1. The first-order chi connectivity index (χ1) is 14.2. The molecule has 2 aromatic rings. The Morgan fingerprint density at radius 3 is 2.60 bits per heavy atom. The van der Waals surface area contributed by atoms with Gasteiger partial charge in [0.1, 0.15) is 18.6 Å². The number of amides is 1. The van der Waals surface area contributed by atoms with E-state index in [2.05, 4.69) is 5.32 Å². The minimum Gasteiger partial charge on any atom is -0.477 e. The molecule has 2 N–H and O–H groups in total. The average molecular weight is 418 g/mol. The van der Waals surface area contributed by atoms with Crippen molar-refractivity contribution >= 4 is 11.6 Å². The molecule has 0 unspecified atom stereocenters. The first-order valence-corrected chi connectivity index (χ1v) is 10.1. The van der Waals surface area contributed by atoms with Gasteiger partial charge in [-0.2, -0.15) is 0 Å². The standard InChI is InChI=1S/C22H28FN3O4/c1-22(2,3)24-21(28)15-30-20-14-29-16(12-19(20)27)13-25-8-10-26(11-9-25)18-7-5-4-6-17(18)23/h4-7,12,14H,8-11,13,15H2,1-3H3,(H,24,28)/p+1. The Labute approximate surface area is 175 Å². The average Bonchev–Trinajstić information content (AvgIpc) is 2.67. The number of ether oxygens (including phenoxy) is 1. The van der Waals surface area contributed by atoms with E-state index >= 15 is 0 Å². The molecule has 1 aromatic heterocycles. The summed E-state index contributed by atoms with van der Waals surface area (Å²) >= 11 is 0. The largest absolute Gasteiger partial charge is 0.477 e. The molecule has 0 radical (unpaired) electrons. The summed E-state index contributed by atoms with van der Waals surface area (Å²) in [5.74, 6) is 0.0601. The molecule has 3 rings (SSSR count). The molecule has 1 aliphatic rings. The van der Waals surface area contributed by atoms with Gasteiger partial charge in [0.15, 0.2) is 12.4 Å². The summed E-state index contributed by atoms with van der Waals surface area (Å²) < 4.78 is 24.8. The fourth-order valence-corrected chi connectivity index (χ4v) is 3.43. The first-order valence-electron chi connectivity index (χ1n) is 10.1. The van der Waals surface area contributed by atoms with E-state index in [-0.39, 0.29) is 35.0 Å². The summed E-state index contributed by atoms with van der Waals surface area (Å²) in [5.41, 5.74) is -0.0575. The van der Waals surface area contributed by atoms with Crippen LogP contribution in [0, 0.1) is 5.82 Å². The molecular weight excluding hydrogens is 389 g/mol. The van der Waals surface area contributed by atoms with Crippen molar-refractivity contribution in [3.05, 3.63) is 58.4 Å². The van der Waals surface area contributed by atoms with Gasteiger partial charge in [-0.1, -0.05) is 12.1 Å². The third-order valence-corrected chi connectivity index (χ3v) is 4.81. The second-order valence-corrected chi connectivity index (χ2v) is 8.53. The maximum absolute atomic E-state index is 14.0. The number of anilines is 1. The molecule has 0 bridgehead atoms. The Kier molecular flexibility index (Phi) is 6.77. The maximum Gasteiger partial charge on any atom is 0.258 e. The zero-order valence-electron chi connectivity index (χ0n) is 17.7. The van der Waals surface area contributed by atoms with Gasteiger partial charge < -0.3 is 24.3 Å². The van der Waals surface area contributed by atoms with Crippen molar-refractivity contribution in [2.45, 2.75) is 32.9 Å². The van der Waals surface area contributed by atoms with Crippen LogP contribution in [0.1, 0.15) is 26.5 Å². The van der Waals surface area contributed by atoms with Gasteiger partial charge in [0.05, 0.1) is 31.9 Å². The smallest absolute Gasteiger partial charge is 0.258 e. The fourth-order valence-electron chi connectivity index (χ4n) is 3.43. The molecule has 0 saturated carbocycles. The zero-order valence-corrected chi connectivity index (χ0v) is 17.7. The molecule has 0 aliphatic carbocycles. The van der Waals surface area contributed by atoms with Crippen LogP contribution in [0.15, 0.2) is 45.8 Å². The van der Waals surface area contributed by atoms with Crippen molar-refractivity contribution in [1.29, 1.82) is 0 Å². The number of rotatable bonds is 6. The normalized spacial score (nSPS) is 15.1. The topological polar surface area (TPSA) is 76.2 Å². The lowest BCUT2D eigenvalue weighted by Crippen LogP contribution is -3.13. The lowest BCUT2D eigenvalue weighted by Gasteiger charge is -2.33. The van der Waals surface area contributed by atoms with E-state index in [1.54, 1.807) is 12.1 Å². The summed E-state index contributed by atoms with van der Waals surface area (Å²) in [7, 11) is 0. The van der Waals surface area contributed by atoms with Crippen LogP contribution in [-0.2, 0) is 11.3 Å². The number of hydrogen-bond donors (Lipinski definition) is 2. The summed E-state index contributed by atoms with van der Waals surface area (Å²) in [6, 6.07) is 8.20. The van der Waals surface area contributed by atoms with E-state index in [1.807, 2.05) is 31.7 Å². The van der Waals surface area contributed by atoms with Gasteiger partial charge in [0, 0.05) is 11.6 Å². The molecule has 1 saturated heterocycles. The number of para-hydroxylation sites is 1. The Morgan fingerprint density at radius 2 is 1.97 bits per heavy atom. The van der Waals surface area contributed by atoms with Crippen molar-refractivity contribution in [2.75, 3.05) is 37.7 Å². The van der Waals surface area contributed by atoms with Crippen LogP contribution in [0.5, 0.6) is 5.75 Å². The molecule has 1 aromatic carbocycles. The molecule has 1 fully saturated rings. The highest BCUT2D eigenvalue weighted by Gasteiger charge is 2.23. The molecule has 30 heavy (non-hydrogen) atoms. The Bertz CT molecular complexity index is 930. The number of carbonyl (C=O) groups excluding carboxylic acids is 1. The minimum atomic E-state index is -0.367. The van der Waals surface area contributed by atoms with E-state index in [9.17, 15) is 14.0 Å². The monoisotopic (exact) mass is 418 g/mol. The van der Waals surface area contributed by atoms with Gasteiger partial charge in [-0.25, -0.2) is 4.39 Å². The van der Waals surface area contributed by atoms with E-state index in [1.165, 1.54) is 23.3 Å². The fraction of sp³-hybridized carbons (Fsp3) is 0.455. The van der Waals surface area contributed by atoms with Crippen LogP contribution in [-0.4, -0.2) is 44.2 Å². The molecule has 1 amide bonds. The molecule has 7 nitrogen and oxygen atoms in total. The first kappa shape index (κ1) is 21.8. The predicted molar refractivity (Wildman–Crippen MR) is 111 cm³/mol. The number of halogens is 1. The lowest BCUT2D eigenvalue weighted by molar-refractivity contribution is -0.915. The van der Waals surface area contributed by atoms with E-state index in [0.29, 0.717) is 18.0 Å². The van der Waals surface area contributed by atoms with Crippen molar-refractivity contribution < 1.29 is 23.2 Å². The summed E-state index contributed by atoms with van der Waals surface area (Å²) in [6.07, 6.45) is 1.26. The third-order valence-electron chi connectivity index (χ3n) is 4.81. The third kappa shape index (κ3) is 6.06. The summed E-state index contributed by atoms with van der Waals surface area (Å²) in [6.45, 7) is 8.99. The number of nitrogens with zero attached hydrogens (tertiary/aromatic N) is 1. The van der Waals surface area contributed by atoms with Crippen LogP contribution >= 0.6 is 0 Å². The highest BCUT2D eigenvalue weighted by Crippen LogP contribution is 2.18. The molecule has 8 heteroatoms. The van der Waals surface area contributed by atoms with Crippen LogP contribution < -0.4 is 25.3 Å². The van der Waals surface area contributed by atoms with E-state index < -0.39 is 0 Å². The van der Waals surface area contributed by atoms with E-state index in [0.717, 1.165) is 26.2 Å². The van der Waals surface area contributed by atoms with Crippen molar-refractivity contribution in [1.82, 2.24) is 5.32 Å². The minimum absolute atomic E-state index is 0.0159. The zero-order chi connectivity index (χ0) is 21.7. The van der Waals surface area contributed by atoms with Crippen LogP contribution in [0.25, 0.3) is 0 Å². The number of quaternary nitrogens is 1. The van der Waals surface area contributed by atoms with Gasteiger partial charge >= 0.3 is 0 Å². The summed E-state index contributed by atoms with van der Waals surface area (Å²) in [5, 5.41) is 2.77. The van der Waals surface area contributed by atoms with Gasteiger partial charge in [-0.15, -0.1) is 0 Å². The summed E-state index contributed by atoms with van der Waals surface area (Å²) in [4.78, 5) is 27.4. The number of benzene rings is 1. The number of carbonyl (C=O) groups is 1. The van der Waals surface area contributed by atoms with Crippen molar-refractivity contribution in [3.63, 3.8) is 0 Å².